The second-order valence-corrected chi connectivity index (χ2v) is 10.1. The average Bonchev–Trinajstić information content (AvgIpc) is 2.94. The van der Waals surface area contributed by atoms with Gasteiger partial charge in [-0.05, 0) is 48.0 Å². The molecule has 1 saturated heterocycles. The Morgan fingerprint density at radius 1 is 0.895 bits per heavy atom. The number of pyridine rings is 1. The molecule has 3 aromatic carbocycles. The number of hydrogen-bond acceptors (Lipinski definition) is 4. The van der Waals surface area contributed by atoms with E-state index in [1.165, 1.54) is 24.3 Å². The van der Waals surface area contributed by atoms with Crippen LogP contribution in [0.3, 0.4) is 0 Å². The summed E-state index contributed by atoms with van der Waals surface area (Å²) in [7, 11) is -1.77. The number of fused-ring (bicyclic) bond motifs is 1. The number of rotatable bonds is 6. The van der Waals surface area contributed by atoms with Crippen molar-refractivity contribution in [1.29, 1.82) is 0 Å². The van der Waals surface area contributed by atoms with Crippen molar-refractivity contribution in [2.75, 3.05) is 30.9 Å². The normalized spacial score (nSPS) is 14.4. The second kappa shape index (κ2) is 11.1. The van der Waals surface area contributed by atoms with Crippen molar-refractivity contribution in [2.45, 2.75) is 11.3 Å². The highest BCUT2D eigenvalue weighted by atomic mass is 32.2. The zero-order chi connectivity index (χ0) is 26.6. The zero-order valence-corrected chi connectivity index (χ0v) is 21.1. The number of halogens is 2. The molecule has 0 bridgehead atoms. The van der Waals surface area contributed by atoms with Crippen molar-refractivity contribution in [3.8, 4) is 0 Å². The molecule has 38 heavy (non-hydrogen) atoms. The number of nitrogens with one attached hydrogen (secondary N) is 1. The SMILES string of the molecule is O=C(Cc1ccc(F)cc1)N1CCN(C(=O)c2ccc(NS(=O)c3cccc4cccnc34)c(F)c2)CC1. The number of benzene rings is 3. The molecule has 1 aliphatic heterocycles. The third-order valence-corrected chi connectivity index (χ3v) is 7.54. The number of piperazine rings is 1. The molecule has 1 fully saturated rings. The lowest BCUT2D eigenvalue weighted by Crippen LogP contribution is -2.51. The van der Waals surface area contributed by atoms with Crippen LogP contribution in [0.5, 0.6) is 0 Å². The van der Waals surface area contributed by atoms with Gasteiger partial charge in [-0.25, -0.2) is 13.0 Å². The lowest BCUT2D eigenvalue weighted by molar-refractivity contribution is -0.131. The summed E-state index contributed by atoms with van der Waals surface area (Å²) in [6.07, 6.45) is 1.76. The summed E-state index contributed by atoms with van der Waals surface area (Å²) in [6.45, 7) is 1.33. The summed E-state index contributed by atoms with van der Waals surface area (Å²) in [5, 5.41) is 0.818. The summed E-state index contributed by atoms with van der Waals surface area (Å²) in [4.78, 5) is 33.5. The molecule has 2 amide bonds. The van der Waals surface area contributed by atoms with Gasteiger partial charge in [-0.15, -0.1) is 0 Å². The minimum absolute atomic E-state index is 0.00373. The highest BCUT2D eigenvalue weighted by Crippen LogP contribution is 2.23. The molecule has 0 saturated carbocycles. The predicted molar refractivity (Wildman–Crippen MR) is 141 cm³/mol. The third kappa shape index (κ3) is 5.55. The molecule has 1 atom stereocenters. The van der Waals surface area contributed by atoms with Crippen LogP contribution in [0, 0.1) is 11.6 Å². The molecule has 194 valence electrons. The van der Waals surface area contributed by atoms with Gasteiger partial charge in [-0.1, -0.05) is 30.3 Å². The Hall–Kier alpha value is -4.18. The molecule has 1 unspecified atom stereocenters. The second-order valence-electron chi connectivity index (χ2n) is 8.87. The molecular weight excluding hydrogens is 510 g/mol. The van der Waals surface area contributed by atoms with Gasteiger partial charge in [0.05, 0.1) is 22.5 Å². The fourth-order valence-corrected chi connectivity index (χ4v) is 5.37. The molecule has 0 spiro atoms. The van der Waals surface area contributed by atoms with Crippen LogP contribution in [-0.4, -0.2) is 57.0 Å². The van der Waals surface area contributed by atoms with Gasteiger partial charge in [0, 0.05) is 43.3 Å². The van der Waals surface area contributed by atoms with Gasteiger partial charge in [-0.3, -0.25) is 19.3 Å². The number of carbonyl (C=O) groups is 2. The minimum atomic E-state index is -1.77. The fourth-order valence-electron chi connectivity index (χ4n) is 4.34. The number of anilines is 1. The van der Waals surface area contributed by atoms with E-state index in [-0.39, 0.29) is 35.3 Å². The van der Waals surface area contributed by atoms with Gasteiger partial charge < -0.3 is 9.80 Å². The van der Waals surface area contributed by atoms with Crippen molar-refractivity contribution in [3.63, 3.8) is 0 Å². The van der Waals surface area contributed by atoms with Crippen LogP contribution in [0.4, 0.5) is 14.5 Å². The van der Waals surface area contributed by atoms with Crippen molar-refractivity contribution < 1.29 is 22.6 Å². The topological polar surface area (TPSA) is 82.6 Å². The molecule has 7 nitrogen and oxygen atoms in total. The summed E-state index contributed by atoms with van der Waals surface area (Å²) in [5.41, 5.74) is 1.45. The molecule has 2 heterocycles. The number of amides is 2. The summed E-state index contributed by atoms with van der Waals surface area (Å²) < 4.78 is 43.6. The first-order valence-corrected chi connectivity index (χ1v) is 13.2. The molecule has 10 heteroatoms. The first-order valence-electron chi connectivity index (χ1n) is 12.0. The van der Waals surface area contributed by atoms with E-state index < -0.39 is 16.8 Å². The van der Waals surface area contributed by atoms with E-state index >= 15 is 0 Å². The van der Waals surface area contributed by atoms with E-state index in [9.17, 15) is 22.6 Å². The number of para-hydroxylation sites is 1. The number of hydrogen-bond donors (Lipinski definition) is 1. The quantitative estimate of drug-likeness (QED) is 0.403. The van der Waals surface area contributed by atoms with Gasteiger partial charge in [0.15, 0.2) is 11.0 Å². The van der Waals surface area contributed by atoms with Gasteiger partial charge in [0.2, 0.25) is 5.91 Å². The summed E-state index contributed by atoms with van der Waals surface area (Å²) >= 11 is 0. The predicted octanol–water partition coefficient (Wildman–Crippen LogP) is 4.17. The van der Waals surface area contributed by atoms with Crippen LogP contribution in [0.15, 0.2) is 83.9 Å². The molecule has 4 aromatic rings. The first kappa shape index (κ1) is 25.5. The maximum absolute atomic E-state index is 14.9. The van der Waals surface area contributed by atoms with Gasteiger partial charge in [0.25, 0.3) is 5.91 Å². The van der Waals surface area contributed by atoms with E-state index in [1.54, 1.807) is 46.3 Å². The maximum atomic E-state index is 14.9. The van der Waals surface area contributed by atoms with Crippen molar-refractivity contribution >= 4 is 39.4 Å². The fraction of sp³-hybridized carbons (Fsp3) is 0.179. The standard InChI is InChI=1S/C28H24F2N4O3S/c29-22-9-6-19(7-10-22)17-26(35)33-13-15-34(16-14-33)28(36)21-8-11-24(23(30)18-21)32-38(37)25-5-1-3-20-4-2-12-31-27(20)25/h1-12,18,32H,13-17H2. The lowest BCUT2D eigenvalue weighted by atomic mass is 10.1. The zero-order valence-electron chi connectivity index (χ0n) is 20.3. The number of nitrogens with zero attached hydrogens (tertiary/aromatic N) is 3. The van der Waals surface area contributed by atoms with E-state index in [1.807, 2.05) is 12.1 Å². The lowest BCUT2D eigenvalue weighted by Gasteiger charge is -2.35. The van der Waals surface area contributed by atoms with E-state index in [2.05, 4.69) is 9.71 Å². The molecule has 1 N–H and O–H groups in total. The summed E-state index contributed by atoms with van der Waals surface area (Å²) in [5.74, 6) is -1.51. The Morgan fingerprint density at radius 2 is 1.61 bits per heavy atom. The van der Waals surface area contributed by atoms with Crippen LogP contribution in [0.2, 0.25) is 0 Å². The van der Waals surface area contributed by atoms with Crippen LogP contribution >= 0.6 is 0 Å². The molecule has 1 aliphatic rings. The Bertz CT molecular complexity index is 1520. The maximum Gasteiger partial charge on any atom is 0.254 e. The Morgan fingerprint density at radius 3 is 2.34 bits per heavy atom. The number of aromatic nitrogens is 1. The molecule has 0 aliphatic carbocycles. The Labute approximate surface area is 220 Å². The Kier molecular flexibility index (Phi) is 7.41. The van der Waals surface area contributed by atoms with E-state index in [4.69, 9.17) is 0 Å². The van der Waals surface area contributed by atoms with E-state index in [0.717, 1.165) is 17.0 Å². The van der Waals surface area contributed by atoms with Gasteiger partial charge in [0.1, 0.15) is 11.6 Å². The van der Waals surface area contributed by atoms with Crippen molar-refractivity contribution in [3.05, 3.63) is 102 Å². The monoisotopic (exact) mass is 534 g/mol. The largest absolute Gasteiger partial charge is 0.339 e. The molecule has 5 rings (SSSR count). The molecular formula is C28H24F2N4O3S. The number of carbonyl (C=O) groups excluding carboxylic acids is 2. The molecule has 0 radical (unpaired) electrons. The van der Waals surface area contributed by atoms with Crippen LogP contribution in [0.1, 0.15) is 15.9 Å². The third-order valence-electron chi connectivity index (χ3n) is 6.40. The van der Waals surface area contributed by atoms with Crippen LogP contribution < -0.4 is 4.72 Å². The highest BCUT2D eigenvalue weighted by Gasteiger charge is 2.25. The van der Waals surface area contributed by atoms with Crippen molar-refractivity contribution in [2.24, 2.45) is 0 Å². The van der Waals surface area contributed by atoms with Crippen LogP contribution in [-0.2, 0) is 22.2 Å². The average molecular weight is 535 g/mol. The van der Waals surface area contributed by atoms with E-state index in [0.29, 0.717) is 36.6 Å². The smallest absolute Gasteiger partial charge is 0.254 e. The van der Waals surface area contributed by atoms with Crippen molar-refractivity contribution in [1.82, 2.24) is 14.8 Å². The minimum Gasteiger partial charge on any atom is -0.339 e. The molecule has 1 aromatic heterocycles. The van der Waals surface area contributed by atoms with Crippen LogP contribution in [0.25, 0.3) is 10.9 Å². The van der Waals surface area contributed by atoms with Gasteiger partial charge >= 0.3 is 0 Å². The summed E-state index contributed by atoms with van der Waals surface area (Å²) in [6, 6.07) is 18.7. The highest BCUT2D eigenvalue weighted by molar-refractivity contribution is 7.86. The van der Waals surface area contributed by atoms with Gasteiger partial charge in [-0.2, -0.15) is 0 Å². The Balaban J connectivity index is 1.20. The first-order chi connectivity index (χ1) is 18.4.